The topological polar surface area (TPSA) is 67.1 Å². The molecular weight excluding hydrogens is 557 g/mol. The van der Waals surface area contributed by atoms with Gasteiger partial charge in [-0.25, -0.2) is 13.9 Å². The van der Waals surface area contributed by atoms with Crippen molar-refractivity contribution in [1.82, 2.24) is 14.6 Å². The molecule has 0 bridgehead atoms. The third-order valence-electron chi connectivity index (χ3n) is 7.55. The van der Waals surface area contributed by atoms with Gasteiger partial charge in [0.2, 0.25) is 0 Å². The Labute approximate surface area is 248 Å². The van der Waals surface area contributed by atoms with Gasteiger partial charge in [-0.2, -0.15) is 5.10 Å². The molecule has 216 valence electrons. The summed E-state index contributed by atoms with van der Waals surface area (Å²) in [5.74, 6) is -0.546. The molecule has 9 heteroatoms. The van der Waals surface area contributed by atoms with Crippen molar-refractivity contribution in [3.63, 3.8) is 0 Å². The third-order valence-corrected chi connectivity index (χ3v) is 7.83. The lowest BCUT2D eigenvalue weighted by Crippen LogP contribution is -2.47. The van der Waals surface area contributed by atoms with Crippen molar-refractivity contribution in [1.29, 1.82) is 0 Å². The van der Waals surface area contributed by atoms with Crippen LogP contribution in [0.1, 0.15) is 35.4 Å². The molecule has 0 saturated carbocycles. The maximum absolute atomic E-state index is 15.2. The fraction of sp³-hybridized carbons (Fsp3) is 0.273. The average molecular weight is 588 g/mol. The number of fused-ring (bicyclic) bond motifs is 1. The first-order valence-corrected chi connectivity index (χ1v) is 14.2. The number of hydrogen-bond acceptors (Lipinski definition) is 6. The van der Waals surface area contributed by atoms with Gasteiger partial charge in [-0.3, -0.25) is 0 Å². The van der Waals surface area contributed by atoms with Crippen LogP contribution in [-0.2, 0) is 38.8 Å². The van der Waals surface area contributed by atoms with Crippen molar-refractivity contribution in [3.05, 3.63) is 137 Å². The Kier molecular flexibility index (Phi) is 8.60. The summed E-state index contributed by atoms with van der Waals surface area (Å²) in [5, 5.41) is 4.32. The van der Waals surface area contributed by atoms with Gasteiger partial charge in [0.25, 0.3) is 0 Å². The second kappa shape index (κ2) is 12.7. The molecule has 0 spiro atoms. The van der Waals surface area contributed by atoms with Gasteiger partial charge >= 0.3 is 0 Å². The molecule has 3 heterocycles. The minimum absolute atomic E-state index is 0.0123. The molecule has 0 radical (unpaired) electrons. The van der Waals surface area contributed by atoms with Gasteiger partial charge in [-0.05, 0) is 23.6 Å². The molecule has 7 nitrogen and oxygen atoms in total. The fourth-order valence-electron chi connectivity index (χ4n) is 5.44. The number of hydrogen-bond donors (Lipinski definition) is 0. The Balaban J connectivity index is 1.36. The summed E-state index contributed by atoms with van der Waals surface area (Å²) >= 11 is 6.27. The number of benzene rings is 3. The molecule has 0 N–H and O–H groups in total. The standard InChI is InChI=1S/C33H31ClFN3O4/c1-33(41-20-25-15-9-4-10-16-25)30(27-17-26(35)29-32(34)36-22-37-38(27)29)42-28(21-39-18-23-11-5-2-6-12-23)31(33)40-19-24-13-7-3-8-14-24/h2-17,22,28,30-31H,18-21H2,1H3/t28-,30+,31-,33+/m1/s1. The minimum Gasteiger partial charge on any atom is -0.374 e. The van der Waals surface area contributed by atoms with E-state index in [9.17, 15) is 0 Å². The molecule has 42 heavy (non-hydrogen) atoms. The van der Waals surface area contributed by atoms with Gasteiger partial charge in [0.1, 0.15) is 35.8 Å². The van der Waals surface area contributed by atoms with Crippen LogP contribution in [0.3, 0.4) is 0 Å². The molecular formula is C33H31ClFN3O4. The summed E-state index contributed by atoms with van der Waals surface area (Å²) in [5.41, 5.74) is 2.50. The van der Waals surface area contributed by atoms with E-state index in [-0.39, 0.29) is 17.3 Å². The van der Waals surface area contributed by atoms with E-state index in [1.807, 2.05) is 97.9 Å². The van der Waals surface area contributed by atoms with Crippen LogP contribution in [0.4, 0.5) is 4.39 Å². The van der Waals surface area contributed by atoms with Crippen LogP contribution in [-0.4, -0.2) is 39.0 Å². The normalized spacial score (nSPS) is 22.1. The predicted octanol–water partition coefficient (Wildman–Crippen LogP) is 6.74. The molecule has 1 aliphatic heterocycles. The first-order chi connectivity index (χ1) is 20.5. The lowest BCUT2D eigenvalue weighted by atomic mass is 9.90. The van der Waals surface area contributed by atoms with Crippen molar-refractivity contribution in [2.75, 3.05) is 6.61 Å². The van der Waals surface area contributed by atoms with Crippen LogP contribution >= 0.6 is 11.6 Å². The van der Waals surface area contributed by atoms with E-state index in [1.165, 1.54) is 16.9 Å². The van der Waals surface area contributed by atoms with E-state index < -0.39 is 29.7 Å². The average Bonchev–Trinajstić information content (AvgIpc) is 3.50. The number of nitrogens with zero attached hydrogens (tertiary/aromatic N) is 3. The van der Waals surface area contributed by atoms with Crippen LogP contribution in [0.15, 0.2) is 103 Å². The van der Waals surface area contributed by atoms with Crippen molar-refractivity contribution in [2.24, 2.45) is 0 Å². The maximum Gasteiger partial charge on any atom is 0.159 e. The molecule has 0 aliphatic carbocycles. The minimum atomic E-state index is -1.07. The highest BCUT2D eigenvalue weighted by atomic mass is 35.5. The molecule has 1 aliphatic rings. The Morgan fingerprint density at radius 3 is 2.12 bits per heavy atom. The molecule has 5 aromatic rings. The number of rotatable bonds is 11. The zero-order valence-corrected chi connectivity index (χ0v) is 23.9. The van der Waals surface area contributed by atoms with Gasteiger partial charge in [0.05, 0.1) is 32.1 Å². The van der Waals surface area contributed by atoms with Gasteiger partial charge in [-0.15, -0.1) is 0 Å². The highest BCUT2D eigenvalue weighted by molar-refractivity contribution is 6.32. The smallest absolute Gasteiger partial charge is 0.159 e. The van der Waals surface area contributed by atoms with E-state index in [2.05, 4.69) is 10.1 Å². The SMILES string of the molecule is C[C@@]1(OCc2ccccc2)[C@H](OCc2ccccc2)[C@@H](COCc2ccccc2)O[C@H]1c1cc(F)c2c(Cl)ncnn12. The largest absolute Gasteiger partial charge is 0.374 e. The van der Waals surface area contributed by atoms with Crippen LogP contribution in [0.25, 0.3) is 5.52 Å². The Hall–Kier alpha value is -3.66. The van der Waals surface area contributed by atoms with E-state index in [1.54, 1.807) is 0 Å². The van der Waals surface area contributed by atoms with Crippen molar-refractivity contribution < 1.29 is 23.3 Å². The molecule has 6 rings (SSSR count). The van der Waals surface area contributed by atoms with Gasteiger partial charge in [0, 0.05) is 6.07 Å². The lowest BCUT2D eigenvalue weighted by Gasteiger charge is -2.35. The highest BCUT2D eigenvalue weighted by Crippen LogP contribution is 2.47. The van der Waals surface area contributed by atoms with Crippen molar-refractivity contribution in [2.45, 2.75) is 50.7 Å². The quantitative estimate of drug-likeness (QED) is 0.170. The third kappa shape index (κ3) is 5.95. The van der Waals surface area contributed by atoms with E-state index in [0.29, 0.717) is 25.5 Å². The van der Waals surface area contributed by atoms with E-state index >= 15 is 4.39 Å². The molecule has 0 amide bonds. The molecule has 2 aromatic heterocycles. The number of halogens is 2. The summed E-state index contributed by atoms with van der Waals surface area (Å²) in [6.45, 7) is 3.20. The van der Waals surface area contributed by atoms with E-state index in [4.69, 9.17) is 30.5 Å². The second-order valence-electron chi connectivity index (χ2n) is 10.5. The number of ether oxygens (including phenoxy) is 4. The Morgan fingerprint density at radius 1 is 0.881 bits per heavy atom. The Bertz CT molecular complexity index is 1610. The van der Waals surface area contributed by atoms with Crippen LogP contribution < -0.4 is 0 Å². The molecule has 3 aromatic carbocycles. The first kappa shape index (κ1) is 28.5. The predicted molar refractivity (Wildman–Crippen MR) is 156 cm³/mol. The number of aromatic nitrogens is 3. The van der Waals surface area contributed by atoms with E-state index in [0.717, 1.165) is 16.7 Å². The monoisotopic (exact) mass is 587 g/mol. The summed E-state index contributed by atoms with van der Waals surface area (Å²) in [4.78, 5) is 3.96. The van der Waals surface area contributed by atoms with Crippen molar-refractivity contribution in [3.8, 4) is 0 Å². The van der Waals surface area contributed by atoms with Crippen LogP contribution in [0.2, 0.25) is 5.15 Å². The molecule has 1 fully saturated rings. The summed E-state index contributed by atoms with van der Waals surface area (Å²) < 4.78 is 42.8. The summed E-state index contributed by atoms with van der Waals surface area (Å²) in [6.07, 6.45) is -0.586. The zero-order chi connectivity index (χ0) is 28.9. The van der Waals surface area contributed by atoms with Crippen molar-refractivity contribution >= 4 is 17.1 Å². The fourth-order valence-corrected chi connectivity index (χ4v) is 5.65. The Morgan fingerprint density at radius 2 is 1.48 bits per heavy atom. The highest BCUT2D eigenvalue weighted by Gasteiger charge is 2.57. The van der Waals surface area contributed by atoms with Gasteiger partial charge < -0.3 is 18.9 Å². The van der Waals surface area contributed by atoms with Gasteiger partial charge in [-0.1, -0.05) is 103 Å². The molecule has 0 unspecified atom stereocenters. The summed E-state index contributed by atoms with van der Waals surface area (Å²) in [6, 6.07) is 31.1. The van der Waals surface area contributed by atoms with Crippen LogP contribution in [0.5, 0.6) is 0 Å². The first-order valence-electron chi connectivity index (χ1n) is 13.8. The molecule has 1 saturated heterocycles. The second-order valence-corrected chi connectivity index (χ2v) is 10.8. The maximum atomic E-state index is 15.2. The van der Waals surface area contributed by atoms with Crippen LogP contribution in [0, 0.1) is 5.82 Å². The lowest BCUT2D eigenvalue weighted by molar-refractivity contribution is -0.148. The van der Waals surface area contributed by atoms with Gasteiger partial charge in [0.15, 0.2) is 11.0 Å². The summed E-state index contributed by atoms with van der Waals surface area (Å²) in [7, 11) is 0. The molecule has 4 atom stereocenters. The zero-order valence-electron chi connectivity index (χ0n) is 23.1.